The highest BCUT2D eigenvalue weighted by atomic mass is 31.2. The van der Waals surface area contributed by atoms with Crippen molar-refractivity contribution in [2.24, 2.45) is 5.73 Å². The minimum Gasteiger partial charge on any atom is -0.462 e. The molecule has 0 radical (unpaired) electrons. The van der Waals surface area contributed by atoms with E-state index >= 15 is 0 Å². The van der Waals surface area contributed by atoms with E-state index in [2.05, 4.69) is 38.2 Å². The van der Waals surface area contributed by atoms with Gasteiger partial charge in [-0.2, -0.15) is 0 Å². The molecule has 0 saturated heterocycles. The fourth-order valence-corrected chi connectivity index (χ4v) is 6.12. The Morgan fingerprint density at radius 1 is 0.612 bits per heavy atom. The molecule has 0 aromatic rings. The summed E-state index contributed by atoms with van der Waals surface area (Å²) in [5.41, 5.74) is 5.33. The van der Waals surface area contributed by atoms with Crippen molar-refractivity contribution in [3.05, 3.63) is 24.3 Å². The van der Waals surface area contributed by atoms with E-state index in [9.17, 15) is 19.0 Å². The normalized spacial score (nSPS) is 13.6. The van der Waals surface area contributed by atoms with E-state index in [0.717, 1.165) is 64.2 Å². The lowest BCUT2D eigenvalue weighted by molar-refractivity contribution is -0.161. The van der Waals surface area contributed by atoms with Gasteiger partial charge in [0.2, 0.25) is 0 Å². The molecule has 0 saturated carbocycles. The van der Waals surface area contributed by atoms with Gasteiger partial charge < -0.3 is 20.1 Å². The predicted octanol–water partition coefficient (Wildman–Crippen LogP) is 10.8. The molecule has 0 aromatic heterocycles. The minimum absolute atomic E-state index is 0.0523. The first-order valence-corrected chi connectivity index (χ1v) is 21.3. The molecule has 49 heavy (non-hydrogen) atoms. The maximum absolute atomic E-state index is 12.5. The summed E-state index contributed by atoms with van der Waals surface area (Å²) in [7, 11) is -4.37. The number of carbonyl (C=O) groups is 2. The molecule has 288 valence electrons. The molecule has 0 aliphatic heterocycles. The van der Waals surface area contributed by atoms with Crippen LogP contribution in [0.15, 0.2) is 24.3 Å². The SMILES string of the molecule is CCCC/C=C\C/C=C/CCCCCCCC(=O)O[C@H](COC(=O)CCCCCCCCCCCCCCCC)COP(=O)(O)OCCN. The van der Waals surface area contributed by atoms with Crippen LogP contribution < -0.4 is 5.73 Å². The van der Waals surface area contributed by atoms with Crippen molar-refractivity contribution in [2.45, 2.75) is 187 Å². The Labute approximate surface area is 300 Å². The quantitative estimate of drug-likeness (QED) is 0.0279. The molecule has 0 aromatic carbocycles. The number of phosphoric ester groups is 1. The van der Waals surface area contributed by atoms with Crippen LogP contribution in [0.2, 0.25) is 0 Å². The Kier molecular flexibility index (Phi) is 35.2. The summed E-state index contributed by atoms with van der Waals surface area (Å²) in [6.45, 7) is 3.67. The second-order valence-electron chi connectivity index (χ2n) is 13.2. The first-order valence-electron chi connectivity index (χ1n) is 19.8. The van der Waals surface area contributed by atoms with E-state index < -0.39 is 26.5 Å². The van der Waals surface area contributed by atoms with Crippen molar-refractivity contribution in [1.82, 2.24) is 0 Å². The Balaban J connectivity index is 4.21. The van der Waals surface area contributed by atoms with Gasteiger partial charge in [-0.15, -0.1) is 0 Å². The Morgan fingerprint density at radius 3 is 1.61 bits per heavy atom. The third-order valence-corrected chi connectivity index (χ3v) is 9.32. The standard InChI is InChI=1S/C39H74NO8P/c1-3-5-7-9-11-13-15-17-19-21-23-25-27-29-31-38(41)45-35-37(36-47-49(43,44)46-34-33-40)48-39(42)32-30-28-26-24-22-20-18-16-14-12-10-8-6-4-2/h10,12,16,18,37H,3-9,11,13-15,17,19-36,40H2,1-2H3,(H,43,44)/b12-10-,18-16+/t37-/m1/s1. The van der Waals surface area contributed by atoms with Gasteiger partial charge in [0.25, 0.3) is 0 Å². The molecule has 2 atom stereocenters. The van der Waals surface area contributed by atoms with Gasteiger partial charge in [0, 0.05) is 19.4 Å². The minimum atomic E-state index is -4.37. The van der Waals surface area contributed by atoms with Crippen LogP contribution in [-0.4, -0.2) is 49.3 Å². The second-order valence-corrected chi connectivity index (χ2v) is 14.6. The van der Waals surface area contributed by atoms with E-state index in [4.69, 9.17) is 24.3 Å². The number of ether oxygens (including phenoxy) is 2. The topological polar surface area (TPSA) is 134 Å². The summed E-state index contributed by atoms with van der Waals surface area (Å²) in [6, 6.07) is 0. The molecular formula is C39H74NO8P. The van der Waals surface area contributed by atoms with Gasteiger partial charge in [-0.05, 0) is 38.5 Å². The second kappa shape index (κ2) is 36.3. The number of unbranched alkanes of at least 4 members (excludes halogenated alkanes) is 20. The molecule has 3 N–H and O–H groups in total. The van der Waals surface area contributed by atoms with Gasteiger partial charge in [0.1, 0.15) is 6.61 Å². The molecule has 0 amide bonds. The number of esters is 2. The first-order chi connectivity index (χ1) is 23.8. The molecule has 0 aliphatic carbocycles. The zero-order valence-corrected chi connectivity index (χ0v) is 32.3. The lowest BCUT2D eigenvalue weighted by atomic mass is 10.0. The Morgan fingerprint density at radius 2 is 1.08 bits per heavy atom. The van der Waals surface area contributed by atoms with Crippen LogP contribution in [0.3, 0.4) is 0 Å². The molecular weight excluding hydrogens is 641 g/mol. The van der Waals surface area contributed by atoms with Crippen molar-refractivity contribution >= 4 is 19.8 Å². The first kappa shape index (κ1) is 47.5. The van der Waals surface area contributed by atoms with Crippen molar-refractivity contribution < 1.29 is 37.6 Å². The van der Waals surface area contributed by atoms with Crippen molar-refractivity contribution in [3.8, 4) is 0 Å². The summed E-state index contributed by atoms with van der Waals surface area (Å²) in [5.74, 6) is -0.841. The summed E-state index contributed by atoms with van der Waals surface area (Å²) in [6.07, 6.45) is 36.3. The van der Waals surface area contributed by atoms with Crippen molar-refractivity contribution in [3.63, 3.8) is 0 Å². The fourth-order valence-electron chi connectivity index (χ4n) is 5.36. The van der Waals surface area contributed by atoms with Gasteiger partial charge in [-0.3, -0.25) is 18.6 Å². The monoisotopic (exact) mass is 716 g/mol. The largest absolute Gasteiger partial charge is 0.472 e. The third kappa shape index (κ3) is 36.1. The van der Waals surface area contributed by atoms with Crippen LogP contribution in [0.4, 0.5) is 0 Å². The lowest BCUT2D eigenvalue weighted by Gasteiger charge is -2.19. The molecule has 0 rings (SSSR count). The van der Waals surface area contributed by atoms with Crippen LogP contribution in [0.5, 0.6) is 0 Å². The molecule has 0 heterocycles. The molecule has 0 bridgehead atoms. The highest BCUT2D eigenvalue weighted by molar-refractivity contribution is 7.47. The van der Waals surface area contributed by atoms with Crippen LogP contribution in [0, 0.1) is 0 Å². The molecule has 10 heteroatoms. The highest BCUT2D eigenvalue weighted by Gasteiger charge is 2.25. The van der Waals surface area contributed by atoms with E-state index in [0.29, 0.717) is 6.42 Å². The number of rotatable bonds is 37. The van der Waals surface area contributed by atoms with Gasteiger partial charge in [-0.1, -0.05) is 154 Å². The zero-order valence-electron chi connectivity index (χ0n) is 31.4. The number of nitrogens with two attached hydrogens (primary N) is 1. The average molecular weight is 716 g/mol. The van der Waals surface area contributed by atoms with E-state index in [1.165, 1.54) is 83.5 Å². The zero-order chi connectivity index (χ0) is 36.1. The van der Waals surface area contributed by atoms with Crippen LogP contribution in [0.25, 0.3) is 0 Å². The summed E-state index contributed by atoms with van der Waals surface area (Å²) >= 11 is 0. The average Bonchev–Trinajstić information content (AvgIpc) is 3.08. The molecule has 9 nitrogen and oxygen atoms in total. The van der Waals surface area contributed by atoms with E-state index in [-0.39, 0.29) is 38.6 Å². The number of hydrogen-bond donors (Lipinski definition) is 2. The van der Waals surface area contributed by atoms with Gasteiger partial charge in [0.05, 0.1) is 13.2 Å². The Bertz CT molecular complexity index is 866. The highest BCUT2D eigenvalue weighted by Crippen LogP contribution is 2.43. The maximum Gasteiger partial charge on any atom is 0.472 e. The molecule has 0 fully saturated rings. The van der Waals surface area contributed by atoms with Crippen LogP contribution in [0.1, 0.15) is 181 Å². The van der Waals surface area contributed by atoms with E-state index in [1.54, 1.807) is 0 Å². The summed E-state index contributed by atoms with van der Waals surface area (Å²) in [4.78, 5) is 34.7. The van der Waals surface area contributed by atoms with Crippen LogP contribution >= 0.6 is 7.82 Å². The van der Waals surface area contributed by atoms with Gasteiger partial charge >= 0.3 is 19.8 Å². The van der Waals surface area contributed by atoms with E-state index in [1.807, 2.05) is 0 Å². The van der Waals surface area contributed by atoms with Gasteiger partial charge in [-0.25, -0.2) is 4.57 Å². The van der Waals surface area contributed by atoms with Crippen molar-refractivity contribution in [2.75, 3.05) is 26.4 Å². The van der Waals surface area contributed by atoms with Crippen LogP contribution in [-0.2, 0) is 32.7 Å². The molecule has 1 unspecified atom stereocenters. The Hall–Kier alpha value is -1.51. The number of carbonyl (C=O) groups excluding carboxylic acids is 2. The number of phosphoric acid groups is 1. The number of allylic oxidation sites excluding steroid dienone is 4. The fraction of sp³-hybridized carbons (Fsp3) is 0.846. The lowest BCUT2D eigenvalue weighted by Crippen LogP contribution is -2.29. The smallest absolute Gasteiger partial charge is 0.462 e. The van der Waals surface area contributed by atoms with Crippen molar-refractivity contribution in [1.29, 1.82) is 0 Å². The van der Waals surface area contributed by atoms with Gasteiger partial charge in [0.15, 0.2) is 6.10 Å². The maximum atomic E-state index is 12.5. The molecule has 0 aliphatic rings. The summed E-state index contributed by atoms with van der Waals surface area (Å²) in [5, 5.41) is 0. The molecule has 0 spiro atoms. The number of hydrogen-bond acceptors (Lipinski definition) is 8. The predicted molar refractivity (Wildman–Crippen MR) is 201 cm³/mol. The third-order valence-electron chi connectivity index (χ3n) is 8.34. The summed E-state index contributed by atoms with van der Waals surface area (Å²) < 4.78 is 32.7.